The van der Waals surface area contributed by atoms with E-state index in [2.05, 4.69) is 30.4 Å². The molecule has 5 rings (SSSR count). The van der Waals surface area contributed by atoms with Crippen LogP contribution in [0.1, 0.15) is 17.3 Å². The van der Waals surface area contributed by atoms with Crippen molar-refractivity contribution in [2.45, 2.75) is 19.1 Å². The second-order valence-electron chi connectivity index (χ2n) is 7.56. The van der Waals surface area contributed by atoms with Gasteiger partial charge in [0.2, 0.25) is 5.95 Å². The quantitative estimate of drug-likeness (QED) is 0.360. The lowest BCUT2D eigenvalue weighted by Gasteiger charge is -2.16. The molecule has 0 aromatic carbocycles. The summed E-state index contributed by atoms with van der Waals surface area (Å²) in [6.07, 6.45) is 5.05. The van der Waals surface area contributed by atoms with E-state index in [1.165, 1.54) is 10.7 Å². The molecular formula is C22H17F3N8O. The van der Waals surface area contributed by atoms with Crippen molar-refractivity contribution in [3.8, 4) is 11.1 Å². The Bertz CT molecular complexity index is 1490. The number of nitrogens with zero attached hydrogens (tertiary/aromatic N) is 5. The van der Waals surface area contributed by atoms with Gasteiger partial charge >= 0.3 is 6.18 Å². The van der Waals surface area contributed by atoms with E-state index in [-0.39, 0.29) is 5.56 Å². The topological polar surface area (TPSA) is 113 Å². The van der Waals surface area contributed by atoms with Crippen LogP contribution in [0, 0.1) is 0 Å². The number of nitrogens with one attached hydrogen (secondary N) is 3. The summed E-state index contributed by atoms with van der Waals surface area (Å²) in [5, 5.41) is 9.88. The van der Waals surface area contributed by atoms with Gasteiger partial charge in [-0.05, 0) is 36.8 Å². The number of H-pyrrole nitrogens is 1. The fourth-order valence-corrected chi connectivity index (χ4v) is 3.45. The zero-order valence-corrected chi connectivity index (χ0v) is 17.6. The molecule has 0 aliphatic heterocycles. The minimum absolute atomic E-state index is 0.0397. The van der Waals surface area contributed by atoms with Gasteiger partial charge in [0.05, 0.1) is 17.3 Å². The lowest BCUT2D eigenvalue weighted by Crippen LogP contribution is -2.43. The van der Waals surface area contributed by atoms with E-state index in [9.17, 15) is 18.0 Å². The number of aromatic amines is 1. The Labute approximate surface area is 190 Å². The van der Waals surface area contributed by atoms with Crippen LogP contribution in [0.5, 0.6) is 0 Å². The Morgan fingerprint density at radius 2 is 1.97 bits per heavy atom. The largest absolute Gasteiger partial charge is 0.408 e. The Kier molecular flexibility index (Phi) is 5.11. The van der Waals surface area contributed by atoms with E-state index in [1.807, 2.05) is 5.32 Å². The minimum atomic E-state index is -4.54. The Morgan fingerprint density at radius 1 is 1.18 bits per heavy atom. The summed E-state index contributed by atoms with van der Waals surface area (Å²) in [5.41, 5.74) is 3.28. The number of halogens is 3. The van der Waals surface area contributed by atoms with E-state index in [0.29, 0.717) is 17.1 Å². The second-order valence-corrected chi connectivity index (χ2v) is 7.56. The Balaban J connectivity index is 1.46. The zero-order valence-electron chi connectivity index (χ0n) is 17.6. The number of hydrogen-bond donors (Lipinski definition) is 3. The smallest absolute Gasteiger partial charge is 0.345 e. The van der Waals surface area contributed by atoms with Gasteiger partial charge in [-0.1, -0.05) is 0 Å². The number of carbonyl (C=O) groups is 1. The maximum Gasteiger partial charge on any atom is 0.408 e. The van der Waals surface area contributed by atoms with Crippen LogP contribution in [0.15, 0.2) is 61.4 Å². The minimum Gasteiger partial charge on any atom is -0.345 e. The molecule has 9 nitrogen and oxygen atoms in total. The number of anilines is 2. The van der Waals surface area contributed by atoms with Crippen LogP contribution in [-0.4, -0.2) is 47.7 Å². The van der Waals surface area contributed by atoms with Crippen molar-refractivity contribution in [1.29, 1.82) is 0 Å². The first-order valence-electron chi connectivity index (χ1n) is 10.2. The third-order valence-corrected chi connectivity index (χ3v) is 5.28. The van der Waals surface area contributed by atoms with Crippen LogP contribution >= 0.6 is 0 Å². The van der Waals surface area contributed by atoms with Gasteiger partial charge in [0.1, 0.15) is 11.7 Å². The number of hydrogen-bond acceptors (Lipinski definition) is 6. The maximum atomic E-state index is 12.9. The maximum absolute atomic E-state index is 12.9. The van der Waals surface area contributed by atoms with Crippen LogP contribution in [0.2, 0.25) is 0 Å². The number of rotatable bonds is 5. The standard InChI is InChI=1S/C22H17F3N8O/c1-12(22(23,24)25)30-20(34)17-11-29-33-7-4-13(8-18(17)33)15-9-27-19-16(15)10-28-21(32-19)31-14-2-5-26-6-3-14/h2-12H,1H3,(H,30,34)(H2,26,27,28,31,32). The molecule has 0 saturated heterocycles. The number of carbonyl (C=O) groups excluding carboxylic acids is 1. The molecule has 5 heterocycles. The number of alkyl halides is 3. The molecule has 0 aliphatic carbocycles. The van der Waals surface area contributed by atoms with E-state index < -0.39 is 18.1 Å². The molecule has 0 aliphatic rings. The van der Waals surface area contributed by atoms with Crippen molar-refractivity contribution in [2.24, 2.45) is 0 Å². The van der Waals surface area contributed by atoms with Crippen molar-refractivity contribution in [3.05, 3.63) is 67.0 Å². The molecule has 3 N–H and O–H groups in total. The van der Waals surface area contributed by atoms with Gasteiger partial charge in [0.25, 0.3) is 5.91 Å². The summed E-state index contributed by atoms with van der Waals surface area (Å²) in [5.74, 6) is -0.456. The van der Waals surface area contributed by atoms with Gasteiger partial charge in [-0.25, -0.2) is 9.50 Å². The fraction of sp³-hybridized carbons (Fsp3) is 0.136. The van der Waals surface area contributed by atoms with E-state index >= 15 is 0 Å². The lowest BCUT2D eigenvalue weighted by molar-refractivity contribution is -0.149. The van der Waals surface area contributed by atoms with Crippen LogP contribution in [-0.2, 0) is 0 Å². The molecule has 1 unspecified atom stereocenters. The SMILES string of the molecule is CC(NC(=O)c1cnn2ccc(-c3c[nH]c4nc(Nc5ccncc5)ncc34)cc12)C(F)(F)F. The first-order chi connectivity index (χ1) is 16.3. The molecule has 5 aromatic heterocycles. The molecular weight excluding hydrogens is 449 g/mol. The van der Waals surface area contributed by atoms with Crippen LogP contribution in [0.4, 0.5) is 24.8 Å². The average molecular weight is 466 g/mol. The summed E-state index contributed by atoms with van der Waals surface area (Å²) >= 11 is 0. The van der Waals surface area contributed by atoms with Crippen LogP contribution < -0.4 is 10.6 Å². The predicted molar refractivity (Wildman–Crippen MR) is 119 cm³/mol. The monoisotopic (exact) mass is 466 g/mol. The molecule has 0 spiro atoms. The molecule has 1 atom stereocenters. The van der Waals surface area contributed by atoms with E-state index in [1.54, 1.807) is 55.2 Å². The number of amides is 1. The van der Waals surface area contributed by atoms with Gasteiger partial charge in [0, 0.05) is 47.6 Å². The zero-order chi connectivity index (χ0) is 23.9. The van der Waals surface area contributed by atoms with Crippen molar-refractivity contribution in [3.63, 3.8) is 0 Å². The van der Waals surface area contributed by atoms with Crippen LogP contribution in [0.25, 0.3) is 27.7 Å². The summed E-state index contributed by atoms with van der Waals surface area (Å²) in [6, 6.07) is 5.06. The highest BCUT2D eigenvalue weighted by molar-refractivity contribution is 6.02. The molecule has 34 heavy (non-hydrogen) atoms. The molecule has 12 heteroatoms. The van der Waals surface area contributed by atoms with Gasteiger partial charge in [-0.2, -0.15) is 23.3 Å². The predicted octanol–water partition coefficient (Wildman–Crippen LogP) is 4.09. The highest BCUT2D eigenvalue weighted by Gasteiger charge is 2.37. The van der Waals surface area contributed by atoms with Crippen molar-refractivity contribution in [2.75, 3.05) is 5.32 Å². The van der Waals surface area contributed by atoms with Gasteiger partial charge < -0.3 is 15.6 Å². The first-order valence-corrected chi connectivity index (χ1v) is 10.2. The molecule has 5 aromatic rings. The van der Waals surface area contributed by atoms with Crippen LogP contribution in [0.3, 0.4) is 0 Å². The summed E-state index contributed by atoms with van der Waals surface area (Å²) in [4.78, 5) is 28.4. The van der Waals surface area contributed by atoms with Crippen molar-refractivity contribution in [1.82, 2.24) is 34.9 Å². The van der Waals surface area contributed by atoms with E-state index in [0.717, 1.165) is 29.1 Å². The van der Waals surface area contributed by atoms with Gasteiger partial charge in [0.15, 0.2) is 0 Å². The number of aromatic nitrogens is 6. The number of fused-ring (bicyclic) bond motifs is 2. The molecule has 172 valence electrons. The van der Waals surface area contributed by atoms with Gasteiger partial charge in [-0.3, -0.25) is 9.78 Å². The second kappa shape index (κ2) is 8.14. The summed E-state index contributed by atoms with van der Waals surface area (Å²) in [6.45, 7) is 0.888. The Morgan fingerprint density at radius 3 is 2.74 bits per heavy atom. The highest BCUT2D eigenvalue weighted by Crippen LogP contribution is 2.30. The normalized spacial score (nSPS) is 12.7. The molecule has 0 saturated carbocycles. The lowest BCUT2D eigenvalue weighted by atomic mass is 10.1. The Hall–Kier alpha value is -4.48. The van der Waals surface area contributed by atoms with E-state index in [4.69, 9.17) is 0 Å². The van der Waals surface area contributed by atoms with Gasteiger partial charge in [-0.15, -0.1) is 0 Å². The van der Waals surface area contributed by atoms with Crippen molar-refractivity contribution < 1.29 is 18.0 Å². The highest BCUT2D eigenvalue weighted by atomic mass is 19.4. The third kappa shape index (κ3) is 4.00. The molecule has 1 amide bonds. The average Bonchev–Trinajstić information content (AvgIpc) is 3.42. The molecule has 0 bridgehead atoms. The summed E-state index contributed by atoms with van der Waals surface area (Å²) in [7, 11) is 0. The first kappa shape index (κ1) is 21.4. The number of pyridine rings is 2. The fourth-order valence-electron chi connectivity index (χ4n) is 3.45. The third-order valence-electron chi connectivity index (χ3n) is 5.28. The van der Waals surface area contributed by atoms with Crippen molar-refractivity contribution >= 4 is 34.1 Å². The molecule has 0 radical (unpaired) electrons. The molecule has 0 fully saturated rings. The summed E-state index contributed by atoms with van der Waals surface area (Å²) < 4.78 is 40.0.